The first-order valence-corrected chi connectivity index (χ1v) is 6.33. The second kappa shape index (κ2) is 8.72. The molecule has 0 atom stereocenters. The van der Waals surface area contributed by atoms with E-state index in [4.69, 9.17) is 14.3 Å². The number of unbranched alkanes of at least 4 members (excludes halogenated alkanes) is 1. The van der Waals surface area contributed by atoms with E-state index in [0.29, 0.717) is 12.3 Å². The number of furan rings is 1. The maximum absolute atomic E-state index is 10.8. The highest BCUT2D eigenvalue weighted by atomic mass is 16.5. The third-order valence-electron chi connectivity index (χ3n) is 2.55. The van der Waals surface area contributed by atoms with Gasteiger partial charge in [-0.25, -0.2) is 4.79 Å². The third-order valence-corrected chi connectivity index (χ3v) is 2.55. The van der Waals surface area contributed by atoms with Gasteiger partial charge in [0.1, 0.15) is 11.3 Å². The number of ether oxygens (including phenoxy) is 1. The molecule has 0 aromatic carbocycles. The fraction of sp³-hybridized carbons (Fsp3) is 0.615. The van der Waals surface area contributed by atoms with Crippen LogP contribution in [-0.2, 0) is 11.3 Å². The third kappa shape index (κ3) is 5.33. The molecule has 1 aromatic rings. The predicted molar refractivity (Wildman–Crippen MR) is 67.7 cm³/mol. The first-order chi connectivity index (χ1) is 8.75. The van der Waals surface area contributed by atoms with Crippen LogP contribution in [0.2, 0.25) is 0 Å². The number of aromatic carboxylic acids is 1. The van der Waals surface area contributed by atoms with Crippen LogP contribution in [0.4, 0.5) is 0 Å². The van der Waals surface area contributed by atoms with E-state index < -0.39 is 5.97 Å². The molecule has 5 heteroatoms. The van der Waals surface area contributed by atoms with Crippen molar-refractivity contribution in [3.05, 3.63) is 23.7 Å². The molecule has 0 aliphatic carbocycles. The zero-order valence-electron chi connectivity index (χ0n) is 10.8. The number of nitrogens with one attached hydrogen (secondary N) is 1. The average Bonchev–Trinajstić information content (AvgIpc) is 2.81. The van der Waals surface area contributed by atoms with Crippen molar-refractivity contribution < 1.29 is 19.1 Å². The summed E-state index contributed by atoms with van der Waals surface area (Å²) >= 11 is 0. The fourth-order valence-electron chi connectivity index (χ4n) is 1.52. The zero-order chi connectivity index (χ0) is 13.2. The van der Waals surface area contributed by atoms with Gasteiger partial charge < -0.3 is 19.6 Å². The first-order valence-electron chi connectivity index (χ1n) is 6.33. The van der Waals surface area contributed by atoms with Gasteiger partial charge in [-0.05, 0) is 25.5 Å². The number of carboxylic acids is 1. The summed E-state index contributed by atoms with van der Waals surface area (Å²) in [5.41, 5.74) is 0.224. The number of hydrogen-bond acceptors (Lipinski definition) is 4. The van der Waals surface area contributed by atoms with Gasteiger partial charge in [0.2, 0.25) is 0 Å². The van der Waals surface area contributed by atoms with Crippen molar-refractivity contribution >= 4 is 5.97 Å². The quantitative estimate of drug-likeness (QED) is 0.627. The van der Waals surface area contributed by atoms with Crippen LogP contribution in [0.3, 0.4) is 0 Å². The molecule has 0 fully saturated rings. The lowest BCUT2D eigenvalue weighted by Crippen LogP contribution is -2.17. The van der Waals surface area contributed by atoms with Gasteiger partial charge in [0.15, 0.2) is 0 Å². The molecule has 0 saturated heterocycles. The zero-order valence-corrected chi connectivity index (χ0v) is 10.8. The molecule has 2 N–H and O–H groups in total. The summed E-state index contributed by atoms with van der Waals surface area (Å²) in [6, 6.07) is 1.47. The second-order valence-corrected chi connectivity index (χ2v) is 4.06. The molecule has 0 unspecified atom stereocenters. The topological polar surface area (TPSA) is 71.7 Å². The van der Waals surface area contributed by atoms with Crippen LogP contribution in [0.25, 0.3) is 0 Å². The number of carbonyl (C=O) groups is 1. The lowest BCUT2D eigenvalue weighted by atomic mass is 10.2. The summed E-state index contributed by atoms with van der Waals surface area (Å²) in [4.78, 5) is 10.8. The van der Waals surface area contributed by atoms with Gasteiger partial charge in [0.05, 0.1) is 12.8 Å². The van der Waals surface area contributed by atoms with E-state index in [2.05, 4.69) is 12.2 Å². The molecule has 1 heterocycles. The SMILES string of the molecule is CCCCOCCCNCc1occc1C(=O)O. The van der Waals surface area contributed by atoms with Gasteiger partial charge in [-0.3, -0.25) is 0 Å². The van der Waals surface area contributed by atoms with Crippen LogP contribution in [0.15, 0.2) is 16.7 Å². The molecule has 0 amide bonds. The maximum Gasteiger partial charge on any atom is 0.339 e. The second-order valence-electron chi connectivity index (χ2n) is 4.06. The van der Waals surface area contributed by atoms with Crippen molar-refractivity contribution in [2.24, 2.45) is 0 Å². The van der Waals surface area contributed by atoms with E-state index in [0.717, 1.165) is 39.0 Å². The molecular formula is C13H21NO4. The van der Waals surface area contributed by atoms with Crippen LogP contribution in [0.1, 0.15) is 42.3 Å². The van der Waals surface area contributed by atoms with Gasteiger partial charge in [-0.2, -0.15) is 0 Å². The molecule has 18 heavy (non-hydrogen) atoms. The minimum atomic E-state index is -0.955. The molecular weight excluding hydrogens is 234 g/mol. The summed E-state index contributed by atoms with van der Waals surface area (Å²) in [5, 5.41) is 12.0. The van der Waals surface area contributed by atoms with Crippen molar-refractivity contribution in [1.29, 1.82) is 0 Å². The monoisotopic (exact) mass is 255 g/mol. The molecule has 5 nitrogen and oxygen atoms in total. The van der Waals surface area contributed by atoms with Gasteiger partial charge in [-0.15, -0.1) is 0 Å². The normalized spacial score (nSPS) is 10.7. The summed E-state index contributed by atoms with van der Waals surface area (Å²) < 4.78 is 10.5. The van der Waals surface area contributed by atoms with Crippen LogP contribution in [-0.4, -0.2) is 30.8 Å². The minimum Gasteiger partial charge on any atom is -0.478 e. The molecule has 0 aliphatic rings. The fourth-order valence-corrected chi connectivity index (χ4v) is 1.52. The lowest BCUT2D eigenvalue weighted by molar-refractivity contribution is 0.0694. The Morgan fingerprint density at radius 2 is 2.22 bits per heavy atom. The average molecular weight is 255 g/mol. The molecule has 0 aliphatic heterocycles. The number of carboxylic acid groups (broad SMARTS) is 1. The van der Waals surface area contributed by atoms with Crippen molar-refractivity contribution in [1.82, 2.24) is 5.32 Å². The molecule has 1 aromatic heterocycles. The van der Waals surface area contributed by atoms with Crippen LogP contribution >= 0.6 is 0 Å². The Kier molecular flexibility index (Phi) is 7.13. The Labute approximate surface area is 107 Å². The Bertz CT molecular complexity index is 349. The Balaban J connectivity index is 2.07. The van der Waals surface area contributed by atoms with Gasteiger partial charge in [0, 0.05) is 13.2 Å². The highest BCUT2D eigenvalue weighted by Gasteiger charge is 2.12. The van der Waals surface area contributed by atoms with Crippen LogP contribution in [0.5, 0.6) is 0 Å². The van der Waals surface area contributed by atoms with Crippen molar-refractivity contribution in [3.63, 3.8) is 0 Å². The van der Waals surface area contributed by atoms with Gasteiger partial charge in [-0.1, -0.05) is 13.3 Å². The first kappa shape index (κ1) is 14.7. The molecule has 0 saturated carbocycles. The van der Waals surface area contributed by atoms with E-state index in [1.165, 1.54) is 12.3 Å². The standard InChI is InChI=1S/C13H21NO4/c1-2-3-7-17-8-4-6-14-10-12-11(13(15)16)5-9-18-12/h5,9,14H,2-4,6-8,10H2,1H3,(H,15,16). The Morgan fingerprint density at radius 1 is 1.44 bits per heavy atom. The lowest BCUT2D eigenvalue weighted by Gasteiger charge is -2.05. The molecule has 102 valence electrons. The summed E-state index contributed by atoms with van der Waals surface area (Å²) in [6.45, 7) is 4.90. The van der Waals surface area contributed by atoms with Gasteiger partial charge >= 0.3 is 5.97 Å². The summed E-state index contributed by atoms with van der Waals surface area (Å²) in [7, 11) is 0. The molecule has 0 bridgehead atoms. The maximum atomic E-state index is 10.8. The van der Waals surface area contributed by atoms with Crippen molar-refractivity contribution in [2.75, 3.05) is 19.8 Å². The van der Waals surface area contributed by atoms with Gasteiger partial charge in [0.25, 0.3) is 0 Å². The highest BCUT2D eigenvalue weighted by Crippen LogP contribution is 2.09. The summed E-state index contributed by atoms with van der Waals surface area (Å²) in [6.07, 6.45) is 4.55. The number of hydrogen-bond donors (Lipinski definition) is 2. The van der Waals surface area contributed by atoms with Crippen LogP contribution in [0, 0.1) is 0 Å². The number of rotatable bonds is 10. The smallest absolute Gasteiger partial charge is 0.339 e. The van der Waals surface area contributed by atoms with Crippen molar-refractivity contribution in [3.8, 4) is 0 Å². The van der Waals surface area contributed by atoms with E-state index >= 15 is 0 Å². The Morgan fingerprint density at radius 3 is 2.94 bits per heavy atom. The summed E-state index contributed by atoms with van der Waals surface area (Å²) in [5.74, 6) is -0.488. The largest absolute Gasteiger partial charge is 0.478 e. The predicted octanol–water partition coefficient (Wildman–Crippen LogP) is 2.27. The minimum absolute atomic E-state index is 0.224. The van der Waals surface area contributed by atoms with E-state index in [1.54, 1.807) is 0 Å². The van der Waals surface area contributed by atoms with Crippen LogP contribution < -0.4 is 5.32 Å². The molecule has 0 radical (unpaired) electrons. The molecule has 1 rings (SSSR count). The van der Waals surface area contributed by atoms with E-state index in [-0.39, 0.29) is 5.56 Å². The van der Waals surface area contributed by atoms with E-state index in [1.807, 2.05) is 0 Å². The molecule has 0 spiro atoms. The van der Waals surface area contributed by atoms with Crippen molar-refractivity contribution in [2.45, 2.75) is 32.7 Å². The van der Waals surface area contributed by atoms with E-state index in [9.17, 15) is 4.79 Å². The Hall–Kier alpha value is -1.33. The highest BCUT2D eigenvalue weighted by molar-refractivity contribution is 5.88.